The van der Waals surface area contributed by atoms with Crippen LogP contribution >= 0.6 is 0 Å². The van der Waals surface area contributed by atoms with E-state index in [1.165, 1.54) is 38.5 Å². The molecule has 1 saturated heterocycles. The van der Waals surface area contributed by atoms with Gasteiger partial charge in [0.25, 0.3) is 0 Å². The van der Waals surface area contributed by atoms with Gasteiger partial charge >= 0.3 is 5.97 Å². The Morgan fingerprint density at radius 1 is 0.758 bits per heavy atom. The van der Waals surface area contributed by atoms with E-state index < -0.39 is 0 Å². The predicted octanol–water partition coefficient (Wildman–Crippen LogP) is 6.76. The molecule has 0 amide bonds. The third-order valence-corrected chi connectivity index (χ3v) is 14.0. The number of hydrogen-bond acceptors (Lipinski definition) is 3. The van der Waals surface area contributed by atoms with Gasteiger partial charge in [-0.25, -0.2) is 0 Å². The molecule has 2 bridgehead atoms. The van der Waals surface area contributed by atoms with E-state index in [0.29, 0.717) is 28.6 Å². The van der Waals surface area contributed by atoms with Gasteiger partial charge < -0.3 is 9.84 Å². The number of carbonyl (C=O) groups excluding carboxylic acids is 1. The molecule has 1 heterocycles. The van der Waals surface area contributed by atoms with Crippen LogP contribution in [0.4, 0.5) is 0 Å². The molecule has 0 aromatic carbocycles. The third-order valence-electron chi connectivity index (χ3n) is 14.0. The van der Waals surface area contributed by atoms with Crippen LogP contribution in [0.15, 0.2) is 0 Å². The molecule has 0 aromatic heterocycles. The molecule has 1 aliphatic heterocycles. The zero-order valence-electron chi connectivity index (χ0n) is 22.3. The Kier molecular flexibility index (Phi) is 4.44. The van der Waals surface area contributed by atoms with Gasteiger partial charge in [0.2, 0.25) is 0 Å². The van der Waals surface area contributed by atoms with Crippen molar-refractivity contribution >= 4 is 5.97 Å². The third kappa shape index (κ3) is 2.45. The van der Waals surface area contributed by atoms with Crippen molar-refractivity contribution in [3.63, 3.8) is 0 Å². The van der Waals surface area contributed by atoms with Gasteiger partial charge in [0, 0.05) is 11.3 Å². The van der Waals surface area contributed by atoms with Crippen molar-refractivity contribution in [2.75, 3.05) is 0 Å². The summed E-state index contributed by atoms with van der Waals surface area (Å²) in [6, 6.07) is 0. The molecule has 0 spiro atoms. The number of ether oxygens (including phenoxy) is 1. The first-order valence-electron chi connectivity index (χ1n) is 14.1. The van der Waals surface area contributed by atoms with Crippen LogP contribution in [-0.4, -0.2) is 23.3 Å². The van der Waals surface area contributed by atoms with E-state index in [0.717, 1.165) is 31.6 Å². The lowest BCUT2D eigenvalue weighted by Gasteiger charge is -2.73. The normalized spacial score (nSPS) is 58.4. The summed E-state index contributed by atoms with van der Waals surface area (Å²) >= 11 is 0. The average Bonchev–Trinajstić information content (AvgIpc) is 2.99. The predicted molar refractivity (Wildman–Crippen MR) is 130 cm³/mol. The summed E-state index contributed by atoms with van der Waals surface area (Å²) < 4.78 is 6.28. The van der Waals surface area contributed by atoms with Crippen molar-refractivity contribution in [3.8, 4) is 0 Å². The van der Waals surface area contributed by atoms with E-state index in [-0.39, 0.29) is 39.8 Å². The van der Waals surface area contributed by atoms with Crippen LogP contribution in [0.5, 0.6) is 0 Å². The largest absolute Gasteiger partial charge is 0.461 e. The molecule has 6 rings (SSSR count). The van der Waals surface area contributed by atoms with E-state index in [2.05, 4.69) is 48.5 Å². The first-order chi connectivity index (χ1) is 15.2. The number of aliphatic hydroxyl groups is 1. The minimum Gasteiger partial charge on any atom is -0.461 e. The summed E-state index contributed by atoms with van der Waals surface area (Å²) in [5.41, 5.74) is 0.823. The zero-order valence-corrected chi connectivity index (χ0v) is 22.3. The van der Waals surface area contributed by atoms with E-state index in [9.17, 15) is 9.90 Å². The van der Waals surface area contributed by atoms with Gasteiger partial charge in [-0.3, -0.25) is 4.79 Å². The summed E-state index contributed by atoms with van der Waals surface area (Å²) in [7, 11) is 0. The fourth-order valence-electron chi connectivity index (χ4n) is 11.8. The maximum Gasteiger partial charge on any atom is 0.312 e. The number of hydrogen-bond donors (Lipinski definition) is 1. The Bertz CT molecular complexity index is 876. The summed E-state index contributed by atoms with van der Waals surface area (Å²) in [4.78, 5) is 13.3. The molecule has 1 N–H and O–H groups in total. The van der Waals surface area contributed by atoms with Crippen LogP contribution in [0, 0.1) is 56.2 Å². The number of fused-ring (bicyclic) bond motifs is 5. The van der Waals surface area contributed by atoms with E-state index >= 15 is 0 Å². The molecule has 10 atom stereocenters. The fourth-order valence-corrected chi connectivity index (χ4v) is 11.8. The molecule has 0 radical (unpaired) electrons. The van der Waals surface area contributed by atoms with Gasteiger partial charge in [0.15, 0.2) is 0 Å². The minimum absolute atomic E-state index is 0.00939. The highest BCUT2D eigenvalue weighted by Gasteiger charge is 2.75. The van der Waals surface area contributed by atoms with E-state index in [4.69, 9.17) is 4.74 Å². The molecule has 6 aliphatic rings. The first kappa shape index (κ1) is 22.9. The quantitative estimate of drug-likeness (QED) is 0.409. The maximum atomic E-state index is 13.3. The highest BCUT2D eigenvalue weighted by atomic mass is 16.6. The van der Waals surface area contributed by atoms with Crippen LogP contribution < -0.4 is 0 Å². The molecule has 33 heavy (non-hydrogen) atoms. The summed E-state index contributed by atoms with van der Waals surface area (Å²) in [6.07, 6.45) is 11.6. The van der Waals surface area contributed by atoms with Gasteiger partial charge in [-0.1, -0.05) is 48.5 Å². The molecule has 3 nitrogen and oxygen atoms in total. The first-order valence-corrected chi connectivity index (χ1v) is 14.1. The van der Waals surface area contributed by atoms with Gasteiger partial charge in [-0.15, -0.1) is 0 Å². The zero-order chi connectivity index (χ0) is 23.8. The molecule has 0 unspecified atom stereocenters. The number of carbonyl (C=O) groups is 1. The number of rotatable bonds is 0. The highest BCUT2D eigenvalue weighted by Crippen LogP contribution is 2.78. The smallest absolute Gasteiger partial charge is 0.312 e. The molecule has 6 fully saturated rings. The Balaban J connectivity index is 1.41. The van der Waals surface area contributed by atoms with Gasteiger partial charge in [0.05, 0.1) is 11.5 Å². The summed E-state index contributed by atoms with van der Waals surface area (Å²) in [5.74, 6) is 2.50. The van der Waals surface area contributed by atoms with Crippen LogP contribution in [0.3, 0.4) is 0 Å². The molecule has 5 saturated carbocycles. The molecule has 3 heteroatoms. The second kappa shape index (κ2) is 6.40. The molecule has 186 valence electrons. The lowest BCUT2D eigenvalue weighted by atomic mass is 9.31. The van der Waals surface area contributed by atoms with Crippen LogP contribution in [0.1, 0.15) is 113 Å². The maximum absolute atomic E-state index is 13.3. The van der Waals surface area contributed by atoms with Crippen LogP contribution in [-0.2, 0) is 9.53 Å². The summed E-state index contributed by atoms with van der Waals surface area (Å²) in [6.45, 7) is 17.3. The monoisotopic (exact) mass is 456 g/mol. The van der Waals surface area contributed by atoms with Crippen LogP contribution in [0.2, 0.25) is 0 Å². The van der Waals surface area contributed by atoms with E-state index in [1.807, 2.05) is 0 Å². The van der Waals surface area contributed by atoms with Crippen molar-refractivity contribution in [1.29, 1.82) is 0 Å². The SMILES string of the molecule is CC1(C)CC[C@@]23CC[C@]4(C)[C@@H](CC[C@H]5[C@@]6(C)CC[C@H](O)C(C)(C)[C@@H]6CC[C@]54C)[C@H]2[C@@H]1OC3=O. The van der Waals surface area contributed by atoms with Crippen molar-refractivity contribution in [2.45, 2.75) is 125 Å². The van der Waals surface area contributed by atoms with Crippen molar-refractivity contribution < 1.29 is 14.6 Å². The fraction of sp³-hybridized carbons (Fsp3) is 0.967. The van der Waals surface area contributed by atoms with Crippen molar-refractivity contribution in [3.05, 3.63) is 0 Å². The Morgan fingerprint density at radius 3 is 2.18 bits per heavy atom. The second-order valence-electron chi connectivity index (χ2n) is 15.5. The van der Waals surface area contributed by atoms with Crippen molar-refractivity contribution in [2.24, 2.45) is 56.2 Å². The molecular weight excluding hydrogens is 408 g/mol. The highest BCUT2D eigenvalue weighted by molar-refractivity contribution is 5.81. The van der Waals surface area contributed by atoms with Crippen LogP contribution in [0.25, 0.3) is 0 Å². The van der Waals surface area contributed by atoms with Gasteiger partial charge in [-0.2, -0.15) is 0 Å². The van der Waals surface area contributed by atoms with Gasteiger partial charge in [-0.05, 0) is 104 Å². The molecule has 0 aromatic rings. The lowest BCUT2D eigenvalue weighted by molar-refractivity contribution is -0.252. The Morgan fingerprint density at radius 2 is 1.45 bits per heavy atom. The second-order valence-corrected chi connectivity index (χ2v) is 15.5. The van der Waals surface area contributed by atoms with E-state index in [1.54, 1.807) is 0 Å². The standard InChI is InChI=1S/C30H48O3/c1-25(2)14-16-30-17-15-28(6)18(22(30)23(25)33-24(30)32)8-9-20-27(5)12-11-21(31)26(3,4)19(27)10-13-29(20,28)7/h18-23,31H,8-17H2,1-7H3/t18-,19-,20-,21-,22-,23-,27-,28+,29+,30+/m0/s1. The lowest BCUT2D eigenvalue weighted by Crippen LogP contribution is -2.67. The van der Waals surface area contributed by atoms with Gasteiger partial charge in [0.1, 0.15) is 6.10 Å². The summed E-state index contributed by atoms with van der Waals surface area (Å²) in [5, 5.41) is 10.9. The number of esters is 1. The minimum atomic E-state index is -0.189. The Labute approximate surface area is 201 Å². The molecule has 5 aliphatic carbocycles. The van der Waals surface area contributed by atoms with Crippen molar-refractivity contribution in [1.82, 2.24) is 0 Å². The average molecular weight is 457 g/mol. The Hall–Kier alpha value is -0.570. The topological polar surface area (TPSA) is 46.5 Å². The molecular formula is C30H48O3. The number of aliphatic hydroxyl groups excluding tert-OH is 1.